The van der Waals surface area contributed by atoms with Crippen LogP contribution in [0.25, 0.3) is 6.08 Å². The quantitative estimate of drug-likeness (QED) is 0.294. The van der Waals surface area contributed by atoms with Gasteiger partial charge in [-0.25, -0.2) is 4.79 Å². The topological polar surface area (TPSA) is 64.6 Å². The van der Waals surface area contributed by atoms with Crippen LogP contribution in [0.2, 0.25) is 10.0 Å². The lowest BCUT2D eigenvalue weighted by Gasteiger charge is -2.13. The molecule has 7 heteroatoms. The van der Waals surface area contributed by atoms with Crippen molar-refractivity contribution in [2.75, 3.05) is 5.32 Å². The van der Waals surface area contributed by atoms with E-state index >= 15 is 0 Å². The third kappa shape index (κ3) is 7.38. The number of hydrogen-bond acceptors (Lipinski definition) is 4. The fourth-order valence-corrected chi connectivity index (χ4v) is 3.17. The minimum atomic E-state index is -0.970. The Bertz CT molecular complexity index is 1160. The van der Waals surface area contributed by atoms with Crippen LogP contribution in [0.1, 0.15) is 23.6 Å². The fourth-order valence-electron chi connectivity index (χ4n) is 2.80. The van der Waals surface area contributed by atoms with Gasteiger partial charge in [-0.3, -0.25) is 4.79 Å². The maximum atomic E-state index is 12.3. The van der Waals surface area contributed by atoms with E-state index in [4.69, 9.17) is 32.7 Å². The predicted molar refractivity (Wildman–Crippen MR) is 132 cm³/mol. The summed E-state index contributed by atoms with van der Waals surface area (Å²) in [4.78, 5) is 24.4. The summed E-state index contributed by atoms with van der Waals surface area (Å²) in [7, 11) is 0. The Hall–Kier alpha value is -3.28. The lowest BCUT2D eigenvalue weighted by Crippen LogP contribution is -2.29. The first-order chi connectivity index (χ1) is 15.8. The second kappa shape index (κ2) is 11.5. The molecule has 0 fully saturated rings. The Labute approximate surface area is 202 Å². The first-order valence-electron chi connectivity index (χ1n) is 10.2. The van der Waals surface area contributed by atoms with Gasteiger partial charge in [0.2, 0.25) is 0 Å². The molecule has 3 aromatic carbocycles. The molecule has 0 aromatic heterocycles. The number of benzene rings is 3. The van der Waals surface area contributed by atoms with Crippen molar-refractivity contribution in [2.24, 2.45) is 0 Å². The van der Waals surface area contributed by atoms with Gasteiger partial charge in [-0.15, -0.1) is 0 Å². The summed E-state index contributed by atoms with van der Waals surface area (Å²) in [6.45, 7) is 3.73. The normalized spacial score (nSPS) is 11.8. The number of aryl methyl sites for hydroxylation is 1. The molecule has 33 heavy (non-hydrogen) atoms. The molecule has 0 heterocycles. The van der Waals surface area contributed by atoms with Gasteiger partial charge in [0.15, 0.2) is 6.10 Å². The molecule has 0 saturated carbocycles. The van der Waals surface area contributed by atoms with Crippen molar-refractivity contribution >= 4 is 46.8 Å². The van der Waals surface area contributed by atoms with Crippen molar-refractivity contribution in [3.8, 4) is 5.75 Å². The number of amides is 1. The number of carbonyl (C=O) groups is 2. The van der Waals surface area contributed by atoms with E-state index in [9.17, 15) is 9.59 Å². The molecule has 1 amide bonds. The minimum Gasteiger partial charge on any atom is -0.489 e. The van der Waals surface area contributed by atoms with Crippen LogP contribution >= 0.6 is 23.2 Å². The van der Waals surface area contributed by atoms with E-state index in [1.807, 2.05) is 43.3 Å². The first kappa shape index (κ1) is 24.4. The third-order valence-corrected chi connectivity index (χ3v) is 5.52. The molecule has 3 aromatic rings. The maximum Gasteiger partial charge on any atom is 0.331 e. The van der Waals surface area contributed by atoms with Crippen LogP contribution in [0.4, 0.5) is 5.69 Å². The highest BCUT2D eigenvalue weighted by atomic mass is 35.5. The number of ether oxygens (including phenoxy) is 2. The summed E-state index contributed by atoms with van der Waals surface area (Å²) in [5, 5.41) is 3.87. The van der Waals surface area contributed by atoms with Crippen molar-refractivity contribution < 1.29 is 19.1 Å². The van der Waals surface area contributed by atoms with Crippen LogP contribution in [0.3, 0.4) is 0 Å². The van der Waals surface area contributed by atoms with Crippen molar-refractivity contribution in [1.82, 2.24) is 0 Å². The molecular weight excluding hydrogens is 461 g/mol. The van der Waals surface area contributed by atoms with E-state index in [0.717, 1.165) is 16.7 Å². The molecule has 0 aliphatic rings. The summed E-state index contributed by atoms with van der Waals surface area (Å²) in [5.41, 5.74) is 3.11. The zero-order chi connectivity index (χ0) is 23.8. The summed E-state index contributed by atoms with van der Waals surface area (Å²) >= 11 is 12.2. The van der Waals surface area contributed by atoms with Gasteiger partial charge in [0.1, 0.15) is 12.4 Å². The van der Waals surface area contributed by atoms with Gasteiger partial charge in [-0.1, -0.05) is 59.6 Å². The smallest absolute Gasteiger partial charge is 0.331 e. The summed E-state index contributed by atoms with van der Waals surface area (Å²) < 4.78 is 10.9. The average Bonchev–Trinajstić information content (AvgIpc) is 2.80. The molecule has 1 unspecified atom stereocenters. The lowest BCUT2D eigenvalue weighted by atomic mass is 10.2. The van der Waals surface area contributed by atoms with E-state index in [1.165, 1.54) is 13.0 Å². The highest BCUT2D eigenvalue weighted by molar-refractivity contribution is 6.31. The second-order valence-corrected chi connectivity index (χ2v) is 8.13. The number of hydrogen-bond donors (Lipinski definition) is 1. The van der Waals surface area contributed by atoms with Crippen LogP contribution in [-0.2, 0) is 20.9 Å². The summed E-state index contributed by atoms with van der Waals surface area (Å²) in [6.07, 6.45) is 1.90. The monoisotopic (exact) mass is 483 g/mol. The summed E-state index contributed by atoms with van der Waals surface area (Å²) in [6, 6.07) is 19.9. The molecule has 170 valence electrons. The Balaban J connectivity index is 1.48. The molecule has 0 aliphatic heterocycles. The number of esters is 1. The van der Waals surface area contributed by atoms with E-state index in [2.05, 4.69) is 5.32 Å². The third-order valence-electron chi connectivity index (χ3n) is 4.75. The second-order valence-electron chi connectivity index (χ2n) is 7.31. The largest absolute Gasteiger partial charge is 0.489 e. The minimum absolute atomic E-state index is 0.357. The molecule has 1 atom stereocenters. The number of halogens is 2. The van der Waals surface area contributed by atoms with Crippen LogP contribution in [0, 0.1) is 6.92 Å². The zero-order valence-corrected chi connectivity index (χ0v) is 19.7. The molecule has 0 radical (unpaired) electrons. The molecule has 0 bridgehead atoms. The first-order valence-corrected chi connectivity index (χ1v) is 11.0. The van der Waals surface area contributed by atoms with Gasteiger partial charge in [-0.2, -0.15) is 0 Å². The highest BCUT2D eigenvalue weighted by Crippen LogP contribution is 2.21. The molecular formula is C26H23Cl2NO4. The van der Waals surface area contributed by atoms with Gasteiger partial charge in [0.25, 0.3) is 5.91 Å². The summed E-state index contributed by atoms with van der Waals surface area (Å²) in [5.74, 6) is -0.397. The van der Waals surface area contributed by atoms with Gasteiger partial charge in [0.05, 0.1) is 0 Å². The Morgan fingerprint density at radius 1 is 1.00 bits per heavy atom. The van der Waals surface area contributed by atoms with Gasteiger partial charge in [-0.05, 0) is 61.4 Å². The number of rotatable bonds is 8. The van der Waals surface area contributed by atoms with Gasteiger partial charge >= 0.3 is 5.97 Å². The van der Waals surface area contributed by atoms with Crippen LogP contribution in [-0.4, -0.2) is 18.0 Å². The molecule has 0 aliphatic carbocycles. The molecule has 0 spiro atoms. The van der Waals surface area contributed by atoms with Crippen LogP contribution in [0.5, 0.6) is 5.75 Å². The number of nitrogens with one attached hydrogen (secondary N) is 1. The van der Waals surface area contributed by atoms with Gasteiger partial charge in [0, 0.05) is 27.4 Å². The van der Waals surface area contributed by atoms with Crippen molar-refractivity contribution in [3.05, 3.63) is 99.5 Å². The van der Waals surface area contributed by atoms with Crippen molar-refractivity contribution in [2.45, 2.75) is 26.6 Å². The lowest BCUT2D eigenvalue weighted by molar-refractivity contribution is -0.148. The Kier molecular flexibility index (Phi) is 8.52. The number of anilines is 1. The van der Waals surface area contributed by atoms with E-state index in [1.54, 1.807) is 36.4 Å². The molecule has 1 N–H and O–H groups in total. The zero-order valence-electron chi connectivity index (χ0n) is 18.2. The molecule has 5 nitrogen and oxygen atoms in total. The number of carbonyl (C=O) groups excluding carboxylic acids is 2. The van der Waals surface area contributed by atoms with Crippen LogP contribution in [0.15, 0.2) is 72.8 Å². The van der Waals surface area contributed by atoms with E-state index in [-0.39, 0.29) is 0 Å². The molecule has 3 rings (SSSR count). The fraction of sp³-hybridized carbons (Fsp3) is 0.154. The predicted octanol–water partition coefficient (Wildman–Crippen LogP) is 6.46. The Morgan fingerprint density at radius 2 is 1.73 bits per heavy atom. The van der Waals surface area contributed by atoms with Crippen molar-refractivity contribution in [1.29, 1.82) is 0 Å². The van der Waals surface area contributed by atoms with Crippen LogP contribution < -0.4 is 10.1 Å². The van der Waals surface area contributed by atoms with E-state index < -0.39 is 18.0 Å². The van der Waals surface area contributed by atoms with Crippen molar-refractivity contribution in [3.63, 3.8) is 0 Å². The highest BCUT2D eigenvalue weighted by Gasteiger charge is 2.17. The Morgan fingerprint density at radius 3 is 2.42 bits per heavy atom. The van der Waals surface area contributed by atoms with Gasteiger partial charge < -0.3 is 14.8 Å². The van der Waals surface area contributed by atoms with E-state index in [0.29, 0.717) is 28.1 Å². The maximum absolute atomic E-state index is 12.3. The average molecular weight is 484 g/mol. The molecule has 0 saturated heterocycles. The SMILES string of the molecule is Cc1ccc(NC(=O)C(C)OC(=O)C=Cc2ccc(OCc3ccccc3Cl)cc2)cc1Cl. The standard InChI is InChI=1S/C26H23Cl2NO4/c1-17-7-11-21(15-24(17)28)29-26(31)18(2)33-25(30)14-10-19-8-12-22(13-9-19)32-16-20-5-3-4-6-23(20)27/h3-15,18H,16H2,1-2H3,(H,29,31).